The Morgan fingerprint density at radius 2 is 1.81 bits per heavy atom. The van der Waals surface area contributed by atoms with E-state index < -0.39 is 0 Å². The van der Waals surface area contributed by atoms with Crippen molar-refractivity contribution in [1.29, 1.82) is 0 Å². The Morgan fingerprint density at radius 3 is 2.46 bits per heavy atom. The van der Waals surface area contributed by atoms with Crippen LogP contribution in [0.5, 0.6) is 11.5 Å². The van der Waals surface area contributed by atoms with Crippen molar-refractivity contribution in [2.45, 2.75) is 17.2 Å². The number of carbonyl (C=O) groups excluding carboxylic acids is 1. The predicted molar refractivity (Wildman–Crippen MR) is 108 cm³/mol. The average Bonchev–Trinajstić information content (AvgIpc) is 3.04. The van der Waals surface area contributed by atoms with Crippen LogP contribution in [0.3, 0.4) is 0 Å². The Hall–Kier alpha value is -1.79. The van der Waals surface area contributed by atoms with Crippen LogP contribution >= 0.6 is 23.5 Å². The lowest BCUT2D eigenvalue weighted by atomic mass is 10.2. The molecular weight excluding hydrogens is 366 g/mol. The van der Waals surface area contributed by atoms with Crippen LogP contribution in [0.2, 0.25) is 0 Å². The first kappa shape index (κ1) is 19.0. The fourth-order valence-electron chi connectivity index (χ4n) is 2.80. The van der Waals surface area contributed by atoms with Gasteiger partial charge in [0, 0.05) is 4.90 Å². The number of thioether (sulfide) groups is 2. The summed E-state index contributed by atoms with van der Waals surface area (Å²) in [6, 6.07) is 16.0. The Balaban J connectivity index is 1.58. The zero-order valence-corrected chi connectivity index (χ0v) is 16.6. The largest absolute Gasteiger partial charge is 0.497 e. The van der Waals surface area contributed by atoms with E-state index in [9.17, 15) is 4.79 Å². The highest BCUT2D eigenvalue weighted by molar-refractivity contribution is 8.00. The highest BCUT2D eigenvalue weighted by Gasteiger charge is 2.32. The van der Waals surface area contributed by atoms with E-state index in [1.807, 2.05) is 40.9 Å². The van der Waals surface area contributed by atoms with Crippen LogP contribution in [0.1, 0.15) is 17.9 Å². The summed E-state index contributed by atoms with van der Waals surface area (Å²) in [5.41, 5.74) is 1.17. The molecule has 4 nitrogen and oxygen atoms in total. The summed E-state index contributed by atoms with van der Waals surface area (Å²) >= 11 is 3.51. The van der Waals surface area contributed by atoms with E-state index in [0.717, 1.165) is 17.3 Å². The molecule has 0 bridgehead atoms. The molecule has 0 aromatic heterocycles. The Morgan fingerprint density at radius 1 is 1.12 bits per heavy atom. The molecule has 0 saturated carbocycles. The van der Waals surface area contributed by atoms with Gasteiger partial charge in [0.2, 0.25) is 5.91 Å². The highest BCUT2D eigenvalue weighted by Crippen LogP contribution is 2.38. The normalized spacial score (nSPS) is 16.8. The number of carbonyl (C=O) groups is 1. The molecular formula is C20H23NO3S2. The molecule has 138 valence electrons. The van der Waals surface area contributed by atoms with Gasteiger partial charge in [-0.25, -0.2) is 0 Å². The molecule has 0 radical (unpaired) electrons. The molecule has 0 aliphatic carbocycles. The summed E-state index contributed by atoms with van der Waals surface area (Å²) in [5.74, 6) is 3.34. The fraction of sp³-hybridized carbons (Fsp3) is 0.350. The van der Waals surface area contributed by atoms with Crippen molar-refractivity contribution in [3.05, 3.63) is 54.1 Å². The van der Waals surface area contributed by atoms with Crippen molar-refractivity contribution in [2.24, 2.45) is 0 Å². The van der Waals surface area contributed by atoms with Crippen molar-refractivity contribution >= 4 is 29.4 Å². The first-order chi connectivity index (χ1) is 12.7. The lowest BCUT2D eigenvalue weighted by Gasteiger charge is -2.24. The van der Waals surface area contributed by atoms with Crippen LogP contribution in [-0.4, -0.2) is 42.6 Å². The van der Waals surface area contributed by atoms with Gasteiger partial charge in [0.05, 0.1) is 19.4 Å². The lowest BCUT2D eigenvalue weighted by molar-refractivity contribution is -0.128. The maximum atomic E-state index is 12.3. The van der Waals surface area contributed by atoms with E-state index in [0.29, 0.717) is 18.9 Å². The predicted octanol–water partition coefficient (Wildman–Crippen LogP) is 4.46. The second-order valence-electron chi connectivity index (χ2n) is 5.78. The molecule has 1 atom stereocenters. The summed E-state index contributed by atoms with van der Waals surface area (Å²) in [4.78, 5) is 15.5. The molecule has 1 heterocycles. The van der Waals surface area contributed by atoms with Gasteiger partial charge in [-0.1, -0.05) is 19.1 Å². The molecule has 1 saturated heterocycles. The van der Waals surface area contributed by atoms with Gasteiger partial charge >= 0.3 is 0 Å². The van der Waals surface area contributed by atoms with Gasteiger partial charge in [-0.15, -0.1) is 23.5 Å². The van der Waals surface area contributed by atoms with Crippen LogP contribution in [0, 0.1) is 0 Å². The Kier molecular flexibility index (Phi) is 6.74. The molecule has 1 unspecified atom stereocenters. The minimum atomic E-state index is 0.0719. The zero-order chi connectivity index (χ0) is 18.4. The van der Waals surface area contributed by atoms with Gasteiger partial charge in [0.25, 0.3) is 0 Å². The van der Waals surface area contributed by atoms with Crippen LogP contribution in [-0.2, 0) is 4.79 Å². The van der Waals surface area contributed by atoms with E-state index >= 15 is 0 Å². The third kappa shape index (κ3) is 4.68. The van der Waals surface area contributed by atoms with Crippen LogP contribution < -0.4 is 9.47 Å². The summed E-state index contributed by atoms with van der Waals surface area (Å²) in [7, 11) is 1.64. The monoisotopic (exact) mass is 389 g/mol. The Bertz CT molecular complexity index is 719. The minimum Gasteiger partial charge on any atom is -0.497 e. The van der Waals surface area contributed by atoms with Gasteiger partial charge < -0.3 is 14.4 Å². The topological polar surface area (TPSA) is 38.8 Å². The number of methoxy groups -OCH3 is 1. The summed E-state index contributed by atoms with van der Waals surface area (Å²) < 4.78 is 10.9. The van der Waals surface area contributed by atoms with Crippen LogP contribution in [0.15, 0.2) is 53.4 Å². The molecule has 2 aromatic carbocycles. The molecule has 3 rings (SSSR count). The second kappa shape index (κ2) is 9.24. The van der Waals surface area contributed by atoms with Gasteiger partial charge in [-0.2, -0.15) is 0 Å². The number of ether oxygens (including phenoxy) is 2. The van der Waals surface area contributed by atoms with Crippen LogP contribution in [0.4, 0.5) is 0 Å². The van der Waals surface area contributed by atoms with E-state index in [2.05, 4.69) is 31.2 Å². The number of hydrogen-bond acceptors (Lipinski definition) is 5. The quantitative estimate of drug-likeness (QED) is 0.623. The van der Waals surface area contributed by atoms with Gasteiger partial charge in [0.15, 0.2) is 0 Å². The zero-order valence-electron chi connectivity index (χ0n) is 15.0. The lowest BCUT2D eigenvalue weighted by Crippen LogP contribution is -2.32. The summed E-state index contributed by atoms with van der Waals surface area (Å²) in [6.45, 7) is 3.20. The van der Waals surface area contributed by atoms with E-state index in [-0.39, 0.29) is 11.3 Å². The van der Waals surface area contributed by atoms with E-state index in [4.69, 9.17) is 9.47 Å². The van der Waals surface area contributed by atoms with E-state index in [1.165, 1.54) is 10.5 Å². The third-order valence-corrected chi connectivity index (χ3v) is 6.25. The molecule has 1 aliphatic rings. The molecule has 26 heavy (non-hydrogen) atoms. The maximum absolute atomic E-state index is 12.3. The number of hydrogen-bond donors (Lipinski definition) is 0. The van der Waals surface area contributed by atoms with Gasteiger partial charge in [-0.3, -0.25) is 4.79 Å². The number of amides is 1. The average molecular weight is 390 g/mol. The van der Waals surface area contributed by atoms with Crippen molar-refractivity contribution in [1.82, 2.24) is 4.90 Å². The number of rotatable bonds is 8. The summed E-state index contributed by atoms with van der Waals surface area (Å²) in [5, 5.41) is 0.0719. The number of benzene rings is 2. The van der Waals surface area contributed by atoms with Gasteiger partial charge in [-0.05, 0) is 47.7 Å². The molecule has 2 aromatic rings. The van der Waals surface area contributed by atoms with Crippen LogP contribution in [0.25, 0.3) is 0 Å². The first-order valence-electron chi connectivity index (χ1n) is 8.62. The Labute approximate surface area is 163 Å². The molecule has 0 N–H and O–H groups in total. The molecule has 1 aliphatic heterocycles. The van der Waals surface area contributed by atoms with Crippen molar-refractivity contribution in [3.8, 4) is 11.5 Å². The smallest absolute Gasteiger partial charge is 0.233 e. The minimum absolute atomic E-state index is 0.0719. The highest BCUT2D eigenvalue weighted by atomic mass is 32.2. The maximum Gasteiger partial charge on any atom is 0.233 e. The van der Waals surface area contributed by atoms with E-state index in [1.54, 1.807) is 18.9 Å². The van der Waals surface area contributed by atoms with Gasteiger partial charge in [0.1, 0.15) is 23.5 Å². The first-order valence-corrected chi connectivity index (χ1v) is 10.7. The fourth-order valence-corrected chi connectivity index (χ4v) is 4.68. The SMILES string of the molecule is CCSc1ccc(C2SCC(=O)N2CCOc2ccc(OC)cc2)cc1. The van der Waals surface area contributed by atoms with Crippen molar-refractivity contribution in [3.63, 3.8) is 0 Å². The molecule has 6 heteroatoms. The van der Waals surface area contributed by atoms with Crippen molar-refractivity contribution < 1.29 is 14.3 Å². The standard InChI is InChI=1S/C20H23NO3S2/c1-3-25-18-10-4-15(5-11-18)20-21(19(22)14-26-20)12-13-24-17-8-6-16(23-2)7-9-17/h4-11,20H,3,12-14H2,1-2H3. The molecule has 1 amide bonds. The summed E-state index contributed by atoms with van der Waals surface area (Å²) in [6.07, 6.45) is 0. The van der Waals surface area contributed by atoms with Crippen molar-refractivity contribution in [2.75, 3.05) is 31.8 Å². The molecule has 1 fully saturated rings. The molecule has 0 spiro atoms. The third-order valence-electron chi connectivity index (χ3n) is 4.10. The number of nitrogens with zero attached hydrogens (tertiary/aromatic N) is 1. The second-order valence-corrected chi connectivity index (χ2v) is 8.18.